The summed E-state index contributed by atoms with van der Waals surface area (Å²) in [7, 11) is -3.75. The number of hydrogen-bond acceptors (Lipinski definition) is 4. The van der Waals surface area contributed by atoms with Crippen LogP contribution in [0, 0.1) is 5.92 Å². The van der Waals surface area contributed by atoms with Crippen LogP contribution in [0.25, 0.3) is 0 Å². The summed E-state index contributed by atoms with van der Waals surface area (Å²) in [5, 5.41) is 8.36. The number of nitrogens with one attached hydrogen (secondary N) is 1. The molecule has 0 spiro atoms. The number of primary sulfonamides is 1. The average Bonchev–Trinajstić information content (AvgIpc) is 3.02. The lowest BCUT2D eigenvalue weighted by Crippen LogP contribution is -2.21. The molecule has 5 nitrogen and oxygen atoms in total. The summed E-state index contributed by atoms with van der Waals surface area (Å²) in [6.45, 7) is 2.04. The van der Waals surface area contributed by atoms with Crippen LogP contribution in [0.2, 0.25) is 0 Å². The monoisotopic (exact) mass is 255 g/mol. The highest BCUT2D eigenvalue weighted by molar-refractivity contribution is 7.89. The molecule has 1 unspecified atom stereocenters. The summed E-state index contributed by atoms with van der Waals surface area (Å²) in [5.41, 5.74) is 6.50. The van der Waals surface area contributed by atoms with Crippen LogP contribution in [0.5, 0.6) is 0 Å². The van der Waals surface area contributed by atoms with E-state index in [1.54, 1.807) is 12.1 Å². The lowest BCUT2D eigenvalue weighted by Gasteiger charge is -2.17. The van der Waals surface area contributed by atoms with Crippen LogP contribution < -0.4 is 16.2 Å². The molecule has 2 rings (SSSR count). The molecule has 0 aliphatic heterocycles. The lowest BCUT2D eigenvalue weighted by molar-refractivity contribution is 0.597. The van der Waals surface area contributed by atoms with E-state index in [2.05, 4.69) is 5.32 Å². The molecular formula is C11H17N3O2S. The van der Waals surface area contributed by atoms with Crippen molar-refractivity contribution >= 4 is 21.4 Å². The van der Waals surface area contributed by atoms with E-state index in [4.69, 9.17) is 10.9 Å². The molecule has 94 valence electrons. The predicted octanol–water partition coefficient (Wildman–Crippen LogP) is 1.13. The fourth-order valence-corrected chi connectivity index (χ4v) is 2.59. The number of sulfonamides is 1. The first-order valence-corrected chi connectivity index (χ1v) is 7.11. The smallest absolute Gasteiger partial charge is 0.240 e. The van der Waals surface area contributed by atoms with Crippen LogP contribution in [0.3, 0.4) is 0 Å². The normalized spacial score (nSPS) is 17.8. The van der Waals surface area contributed by atoms with Crippen LogP contribution in [0.15, 0.2) is 23.1 Å². The fourth-order valence-electron chi connectivity index (χ4n) is 1.85. The molecule has 5 N–H and O–H groups in total. The lowest BCUT2D eigenvalue weighted by atomic mass is 10.2. The number of rotatable bonds is 4. The number of nitrogens with two attached hydrogens (primary N) is 2. The molecule has 0 heterocycles. The molecular weight excluding hydrogens is 238 g/mol. The Morgan fingerprint density at radius 2 is 2.06 bits per heavy atom. The third-order valence-corrected chi connectivity index (χ3v) is 3.98. The van der Waals surface area contributed by atoms with E-state index in [1.807, 2.05) is 6.92 Å². The maximum absolute atomic E-state index is 11.5. The molecule has 1 fully saturated rings. The quantitative estimate of drug-likeness (QED) is 0.702. The maximum Gasteiger partial charge on any atom is 0.240 e. The highest BCUT2D eigenvalue weighted by atomic mass is 32.2. The molecule has 1 aromatic rings. The van der Waals surface area contributed by atoms with Crippen molar-refractivity contribution in [3.8, 4) is 0 Å². The van der Waals surface area contributed by atoms with Crippen molar-refractivity contribution < 1.29 is 8.42 Å². The van der Waals surface area contributed by atoms with Gasteiger partial charge >= 0.3 is 0 Å². The second kappa shape index (κ2) is 4.19. The summed E-state index contributed by atoms with van der Waals surface area (Å²) in [4.78, 5) is 0.0602. The summed E-state index contributed by atoms with van der Waals surface area (Å²) in [6.07, 6.45) is 2.38. The van der Waals surface area contributed by atoms with Gasteiger partial charge in [0.05, 0.1) is 5.69 Å². The maximum atomic E-state index is 11.5. The van der Waals surface area contributed by atoms with E-state index < -0.39 is 10.0 Å². The van der Waals surface area contributed by atoms with Gasteiger partial charge in [0.2, 0.25) is 10.0 Å². The first-order valence-electron chi connectivity index (χ1n) is 5.57. The second-order valence-electron chi connectivity index (χ2n) is 4.57. The Morgan fingerprint density at radius 1 is 1.41 bits per heavy atom. The largest absolute Gasteiger partial charge is 0.399 e. The summed E-state index contributed by atoms with van der Waals surface area (Å²) in [6, 6.07) is 4.96. The molecule has 17 heavy (non-hydrogen) atoms. The van der Waals surface area contributed by atoms with E-state index in [9.17, 15) is 8.42 Å². The van der Waals surface area contributed by atoms with Gasteiger partial charge in [-0.3, -0.25) is 0 Å². The molecule has 1 saturated carbocycles. The third kappa shape index (κ3) is 2.89. The van der Waals surface area contributed by atoms with Crippen LogP contribution in [0.4, 0.5) is 11.4 Å². The van der Waals surface area contributed by atoms with Gasteiger partial charge in [0, 0.05) is 11.7 Å². The zero-order valence-electron chi connectivity index (χ0n) is 9.68. The van der Waals surface area contributed by atoms with Gasteiger partial charge in [0.1, 0.15) is 4.90 Å². The van der Waals surface area contributed by atoms with Crippen molar-refractivity contribution in [2.75, 3.05) is 11.1 Å². The minimum atomic E-state index is -3.75. The van der Waals surface area contributed by atoms with Crippen molar-refractivity contribution in [3.05, 3.63) is 18.2 Å². The molecule has 0 aromatic heterocycles. The Morgan fingerprint density at radius 3 is 2.59 bits per heavy atom. The van der Waals surface area contributed by atoms with Crippen LogP contribution in [-0.2, 0) is 10.0 Å². The highest BCUT2D eigenvalue weighted by Gasteiger charge is 2.28. The predicted molar refractivity (Wildman–Crippen MR) is 68.0 cm³/mol. The molecule has 6 heteroatoms. The molecule has 0 amide bonds. The van der Waals surface area contributed by atoms with Crippen LogP contribution >= 0.6 is 0 Å². The SMILES string of the molecule is CC(Nc1ccc(N)cc1S(N)(=O)=O)C1CC1. The summed E-state index contributed by atoms with van der Waals surface area (Å²) >= 11 is 0. The molecule has 0 saturated heterocycles. The minimum Gasteiger partial charge on any atom is -0.399 e. The zero-order chi connectivity index (χ0) is 12.6. The van der Waals surface area contributed by atoms with E-state index in [1.165, 1.54) is 18.9 Å². The first-order chi connectivity index (χ1) is 7.88. The summed E-state index contributed by atoms with van der Waals surface area (Å²) < 4.78 is 22.9. The Balaban J connectivity index is 2.32. The van der Waals surface area contributed by atoms with Crippen molar-refractivity contribution in [2.24, 2.45) is 11.1 Å². The van der Waals surface area contributed by atoms with Gasteiger partial charge in [-0.1, -0.05) is 0 Å². The van der Waals surface area contributed by atoms with Crippen molar-refractivity contribution in [1.29, 1.82) is 0 Å². The van der Waals surface area contributed by atoms with E-state index in [0.717, 1.165) is 0 Å². The van der Waals surface area contributed by atoms with Gasteiger partial charge in [-0.2, -0.15) is 0 Å². The molecule has 1 aromatic carbocycles. The molecule has 1 aliphatic rings. The van der Waals surface area contributed by atoms with Gasteiger partial charge in [-0.05, 0) is 43.9 Å². The molecule has 0 radical (unpaired) electrons. The van der Waals surface area contributed by atoms with Crippen molar-refractivity contribution in [3.63, 3.8) is 0 Å². The third-order valence-electron chi connectivity index (χ3n) is 3.02. The Hall–Kier alpha value is -1.27. The number of hydrogen-bond donors (Lipinski definition) is 3. The molecule has 1 aliphatic carbocycles. The van der Waals surface area contributed by atoms with Gasteiger partial charge in [-0.25, -0.2) is 13.6 Å². The standard InChI is InChI=1S/C11H17N3O2S/c1-7(8-2-3-8)14-10-5-4-9(12)6-11(10)17(13,15)16/h4-8,14H,2-3,12H2,1H3,(H2,13,15,16). The van der Waals surface area contributed by atoms with Crippen LogP contribution in [-0.4, -0.2) is 14.5 Å². The Kier molecular flexibility index (Phi) is 3.01. The van der Waals surface area contributed by atoms with Gasteiger partial charge in [0.25, 0.3) is 0 Å². The minimum absolute atomic E-state index is 0.0602. The van der Waals surface area contributed by atoms with Gasteiger partial charge < -0.3 is 11.1 Å². The average molecular weight is 255 g/mol. The zero-order valence-corrected chi connectivity index (χ0v) is 10.5. The van der Waals surface area contributed by atoms with Gasteiger partial charge in [0.15, 0.2) is 0 Å². The van der Waals surface area contributed by atoms with Crippen LogP contribution in [0.1, 0.15) is 19.8 Å². The Bertz CT molecular complexity index is 524. The number of anilines is 2. The van der Waals surface area contributed by atoms with E-state index in [-0.39, 0.29) is 10.9 Å². The van der Waals surface area contributed by atoms with E-state index >= 15 is 0 Å². The highest BCUT2D eigenvalue weighted by Crippen LogP contribution is 2.35. The number of benzene rings is 1. The Labute approximate surface area is 101 Å². The molecule has 0 bridgehead atoms. The van der Waals surface area contributed by atoms with Gasteiger partial charge in [-0.15, -0.1) is 0 Å². The van der Waals surface area contributed by atoms with E-state index in [0.29, 0.717) is 17.3 Å². The fraction of sp³-hybridized carbons (Fsp3) is 0.455. The molecule has 1 atom stereocenters. The number of nitrogen functional groups attached to an aromatic ring is 1. The van der Waals surface area contributed by atoms with Crippen molar-refractivity contribution in [2.45, 2.75) is 30.7 Å². The van der Waals surface area contributed by atoms with Crippen molar-refractivity contribution in [1.82, 2.24) is 0 Å². The summed E-state index contributed by atoms with van der Waals surface area (Å²) in [5.74, 6) is 0.626. The second-order valence-corrected chi connectivity index (χ2v) is 6.10. The topological polar surface area (TPSA) is 98.2 Å². The first kappa shape index (κ1) is 12.2.